The van der Waals surface area contributed by atoms with Crippen LogP contribution in [0.4, 0.5) is 0 Å². The molecule has 0 aliphatic rings. The van der Waals surface area contributed by atoms with Crippen LogP contribution in [-0.4, -0.2) is 23.4 Å². The van der Waals surface area contributed by atoms with Gasteiger partial charge in [0.05, 0.1) is 12.8 Å². The minimum Gasteiger partial charge on any atom is -0.496 e. The summed E-state index contributed by atoms with van der Waals surface area (Å²) in [6.07, 6.45) is 0.773. The van der Waals surface area contributed by atoms with Gasteiger partial charge < -0.3 is 10.5 Å². The zero-order valence-corrected chi connectivity index (χ0v) is 11.1. The van der Waals surface area contributed by atoms with E-state index in [1.807, 2.05) is 29.9 Å². The predicted molar refractivity (Wildman–Crippen MR) is 72.7 cm³/mol. The largest absolute Gasteiger partial charge is 0.496 e. The summed E-state index contributed by atoms with van der Waals surface area (Å²) in [7, 11) is 3.64. The molecule has 2 aromatic rings. The number of hydrogen-bond acceptors (Lipinski definition) is 3. The molecule has 96 valence electrons. The molecule has 0 spiro atoms. The Bertz CT molecular complexity index is 546. The van der Waals surface area contributed by atoms with Gasteiger partial charge in [0, 0.05) is 30.3 Å². The third kappa shape index (κ3) is 2.11. The molecule has 0 saturated carbocycles. The molecule has 0 unspecified atom stereocenters. The van der Waals surface area contributed by atoms with Crippen molar-refractivity contribution in [2.45, 2.75) is 13.3 Å². The molecule has 4 nitrogen and oxygen atoms in total. The molecular weight excluding hydrogens is 226 g/mol. The fourth-order valence-corrected chi connectivity index (χ4v) is 2.19. The lowest BCUT2D eigenvalue weighted by Gasteiger charge is -2.09. The summed E-state index contributed by atoms with van der Waals surface area (Å²) in [5, 5.41) is 4.53. The number of hydrogen-bond donors (Lipinski definition) is 1. The molecule has 1 aromatic carbocycles. The number of methoxy groups -OCH3 is 1. The predicted octanol–water partition coefficient (Wildman–Crippen LogP) is 1.91. The Morgan fingerprint density at radius 2 is 2.06 bits per heavy atom. The standard InChI is InChI=1S/C14H19N3O/c1-10-14(12(8-9-15)16-17(10)2)11-6-4-5-7-13(11)18-3/h4-7H,8-9,15H2,1-3H3. The highest BCUT2D eigenvalue weighted by molar-refractivity contribution is 5.74. The number of aromatic nitrogens is 2. The van der Waals surface area contributed by atoms with Crippen molar-refractivity contribution in [1.29, 1.82) is 0 Å². The highest BCUT2D eigenvalue weighted by Crippen LogP contribution is 2.34. The molecule has 0 bridgehead atoms. The topological polar surface area (TPSA) is 53.1 Å². The van der Waals surface area contributed by atoms with Crippen molar-refractivity contribution in [2.75, 3.05) is 13.7 Å². The number of aryl methyl sites for hydroxylation is 1. The SMILES string of the molecule is COc1ccccc1-c1c(CCN)nn(C)c1C. The molecule has 4 heteroatoms. The van der Waals surface area contributed by atoms with E-state index in [4.69, 9.17) is 10.5 Å². The maximum atomic E-state index is 5.66. The van der Waals surface area contributed by atoms with Crippen LogP contribution in [0.1, 0.15) is 11.4 Å². The van der Waals surface area contributed by atoms with Gasteiger partial charge in [-0.1, -0.05) is 18.2 Å². The van der Waals surface area contributed by atoms with Crippen molar-refractivity contribution in [3.05, 3.63) is 35.7 Å². The monoisotopic (exact) mass is 245 g/mol. The number of ether oxygens (including phenoxy) is 1. The molecule has 1 aromatic heterocycles. The second kappa shape index (κ2) is 5.23. The lowest BCUT2D eigenvalue weighted by Crippen LogP contribution is -2.04. The van der Waals surface area contributed by atoms with Gasteiger partial charge in [-0.05, 0) is 19.5 Å². The number of nitrogens with two attached hydrogens (primary N) is 1. The number of rotatable bonds is 4. The van der Waals surface area contributed by atoms with Crippen LogP contribution in [0.3, 0.4) is 0 Å². The van der Waals surface area contributed by atoms with Gasteiger partial charge in [-0.25, -0.2) is 0 Å². The summed E-state index contributed by atoms with van der Waals surface area (Å²) in [5.41, 5.74) is 10.0. The average molecular weight is 245 g/mol. The van der Waals surface area contributed by atoms with E-state index in [0.717, 1.165) is 34.7 Å². The molecule has 0 saturated heterocycles. The van der Waals surface area contributed by atoms with Crippen LogP contribution >= 0.6 is 0 Å². The third-order valence-corrected chi connectivity index (χ3v) is 3.16. The van der Waals surface area contributed by atoms with Crippen LogP contribution in [0, 0.1) is 6.92 Å². The average Bonchev–Trinajstić information content (AvgIpc) is 2.65. The van der Waals surface area contributed by atoms with Crippen LogP contribution in [0.15, 0.2) is 24.3 Å². The van der Waals surface area contributed by atoms with Gasteiger partial charge in [0.2, 0.25) is 0 Å². The second-order valence-corrected chi connectivity index (χ2v) is 4.27. The lowest BCUT2D eigenvalue weighted by atomic mass is 10.0. The van der Waals surface area contributed by atoms with Crippen molar-refractivity contribution in [2.24, 2.45) is 12.8 Å². The van der Waals surface area contributed by atoms with E-state index < -0.39 is 0 Å². The molecule has 0 aliphatic carbocycles. The van der Waals surface area contributed by atoms with Crippen molar-refractivity contribution < 1.29 is 4.74 Å². The van der Waals surface area contributed by atoms with Gasteiger partial charge >= 0.3 is 0 Å². The van der Waals surface area contributed by atoms with Crippen molar-refractivity contribution >= 4 is 0 Å². The third-order valence-electron chi connectivity index (χ3n) is 3.16. The second-order valence-electron chi connectivity index (χ2n) is 4.27. The first kappa shape index (κ1) is 12.6. The van der Waals surface area contributed by atoms with E-state index in [9.17, 15) is 0 Å². The van der Waals surface area contributed by atoms with Gasteiger partial charge in [-0.3, -0.25) is 4.68 Å². The molecular formula is C14H19N3O. The molecule has 0 fully saturated rings. The van der Waals surface area contributed by atoms with Crippen molar-refractivity contribution in [3.63, 3.8) is 0 Å². The van der Waals surface area contributed by atoms with Gasteiger partial charge in [0.25, 0.3) is 0 Å². The molecule has 0 aliphatic heterocycles. The minimum absolute atomic E-state index is 0.596. The summed E-state index contributed by atoms with van der Waals surface area (Å²) < 4.78 is 7.32. The van der Waals surface area contributed by atoms with Gasteiger partial charge in [-0.15, -0.1) is 0 Å². The molecule has 2 N–H and O–H groups in total. The summed E-state index contributed by atoms with van der Waals surface area (Å²) in [6, 6.07) is 8.00. The minimum atomic E-state index is 0.596. The van der Waals surface area contributed by atoms with E-state index in [1.165, 1.54) is 0 Å². The van der Waals surface area contributed by atoms with Crippen LogP contribution in [0.25, 0.3) is 11.1 Å². The van der Waals surface area contributed by atoms with Crippen LogP contribution in [0.5, 0.6) is 5.75 Å². The van der Waals surface area contributed by atoms with E-state index in [0.29, 0.717) is 6.54 Å². The Labute approximate surface area is 107 Å². The fourth-order valence-electron chi connectivity index (χ4n) is 2.19. The Balaban J connectivity index is 2.62. The van der Waals surface area contributed by atoms with E-state index >= 15 is 0 Å². The van der Waals surface area contributed by atoms with Crippen LogP contribution in [0.2, 0.25) is 0 Å². The summed E-state index contributed by atoms with van der Waals surface area (Å²) in [6.45, 7) is 2.66. The summed E-state index contributed by atoms with van der Waals surface area (Å²) in [5.74, 6) is 0.867. The van der Waals surface area contributed by atoms with E-state index in [2.05, 4.69) is 18.1 Å². The Morgan fingerprint density at radius 1 is 1.33 bits per heavy atom. The zero-order chi connectivity index (χ0) is 13.1. The van der Waals surface area contributed by atoms with Crippen LogP contribution < -0.4 is 10.5 Å². The lowest BCUT2D eigenvalue weighted by molar-refractivity contribution is 0.416. The maximum Gasteiger partial charge on any atom is 0.126 e. The maximum absolute atomic E-state index is 5.66. The van der Waals surface area contributed by atoms with Gasteiger partial charge in [-0.2, -0.15) is 5.10 Å². The van der Waals surface area contributed by atoms with E-state index in [-0.39, 0.29) is 0 Å². The first-order valence-corrected chi connectivity index (χ1v) is 6.05. The normalized spacial score (nSPS) is 10.7. The Morgan fingerprint density at radius 3 is 2.72 bits per heavy atom. The first-order valence-electron chi connectivity index (χ1n) is 6.05. The molecule has 2 rings (SSSR count). The molecule has 1 heterocycles. The number of para-hydroxylation sites is 1. The highest BCUT2D eigenvalue weighted by atomic mass is 16.5. The molecule has 0 atom stereocenters. The first-order chi connectivity index (χ1) is 8.69. The van der Waals surface area contributed by atoms with Crippen molar-refractivity contribution in [3.8, 4) is 16.9 Å². The molecule has 0 radical (unpaired) electrons. The molecule has 0 amide bonds. The van der Waals surface area contributed by atoms with E-state index in [1.54, 1.807) is 7.11 Å². The summed E-state index contributed by atoms with van der Waals surface area (Å²) >= 11 is 0. The smallest absolute Gasteiger partial charge is 0.126 e. The number of nitrogens with zero attached hydrogens (tertiary/aromatic N) is 2. The number of benzene rings is 1. The van der Waals surface area contributed by atoms with Crippen LogP contribution in [-0.2, 0) is 13.5 Å². The highest BCUT2D eigenvalue weighted by Gasteiger charge is 2.17. The van der Waals surface area contributed by atoms with Gasteiger partial charge in [0.1, 0.15) is 5.75 Å². The van der Waals surface area contributed by atoms with Crippen molar-refractivity contribution in [1.82, 2.24) is 9.78 Å². The molecule has 18 heavy (non-hydrogen) atoms. The summed E-state index contributed by atoms with van der Waals surface area (Å²) in [4.78, 5) is 0. The zero-order valence-electron chi connectivity index (χ0n) is 11.1. The quantitative estimate of drug-likeness (QED) is 0.895. The Hall–Kier alpha value is -1.81. The van der Waals surface area contributed by atoms with Gasteiger partial charge in [0.15, 0.2) is 0 Å². The fraction of sp³-hybridized carbons (Fsp3) is 0.357. The Kier molecular flexibility index (Phi) is 3.67.